The second-order valence-electron chi connectivity index (χ2n) is 7.83. The number of H-pyrrole nitrogens is 1. The number of fused-ring (bicyclic) bond motifs is 3. The number of aromatic nitrogens is 2. The van der Waals surface area contributed by atoms with Gasteiger partial charge in [0.25, 0.3) is 5.56 Å². The Hall–Kier alpha value is -3.74. The summed E-state index contributed by atoms with van der Waals surface area (Å²) in [5.41, 5.74) is 4.14. The highest BCUT2D eigenvalue weighted by Gasteiger charge is 2.19. The molecule has 7 heteroatoms. The van der Waals surface area contributed by atoms with Gasteiger partial charge in [-0.15, -0.1) is 0 Å². The van der Waals surface area contributed by atoms with Crippen LogP contribution in [0.1, 0.15) is 36.9 Å². The van der Waals surface area contributed by atoms with Crippen molar-refractivity contribution in [3.8, 4) is 23.0 Å². The summed E-state index contributed by atoms with van der Waals surface area (Å²) in [4.78, 5) is 20.9. The van der Waals surface area contributed by atoms with Gasteiger partial charge >= 0.3 is 0 Å². The molecule has 0 saturated heterocycles. The van der Waals surface area contributed by atoms with Crippen molar-refractivity contribution in [1.82, 2.24) is 9.97 Å². The molecule has 0 saturated carbocycles. The number of aromatic amines is 1. The summed E-state index contributed by atoms with van der Waals surface area (Å²) >= 11 is 0. The van der Waals surface area contributed by atoms with Crippen LogP contribution in [0.4, 0.5) is 0 Å². The van der Waals surface area contributed by atoms with E-state index in [1.165, 1.54) is 0 Å². The number of pyridine rings is 2. The summed E-state index contributed by atoms with van der Waals surface area (Å²) in [5, 5.41) is 2.72. The maximum atomic E-state index is 13.0. The van der Waals surface area contributed by atoms with Gasteiger partial charge in [0.1, 0.15) is 0 Å². The molecule has 0 unspecified atom stereocenters. The smallest absolute Gasteiger partial charge is 0.252 e. The first kappa shape index (κ1) is 22.5. The van der Waals surface area contributed by atoms with Gasteiger partial charge in [0, 0.05) is 40.2 Å². The van der Waals surface area contributed by atoms with Gasteiger partial charge in [0.05, 0.1) is 19.7 Å². The number of hydrogen-bond acceptors (Lipinski definition) is 6. The Morgan fingerprint density at radius 2 is 1.67 bits per heavy atom. The van der Waals surface area contributed by atoms with Crippen LogP contribution in [-0.2, 0) is 12.8 Å². The number of ether oxygens (including phenoxy) is 4. The Labute approximate surface area is 192 Å². The molecule has 0 bridgehead atoms. The molecule has 0 fully saturated rings. The Kier molecular flexibility index (Phi) is 5.89. The molecule has 5 rings (SSSR count). The lowest BCUT2D eigenvalue weighted by atomic mass is 9.96. The number of benzene rings is 2. The molecule has 0 radical (unpaired) electrons. The molecular weight excluding hydrogens is 420 g/mol. The fraction of sp³-hybridized carbons (Fsp3) is 0.308. The highest BCUT2D eigenvalue weighted by Crippen LogP contribution is 2.37. The van der Waals surface area contributed by atoms with E-state index in [0.717, 1.165) is 45.0 Å². The van der Waals surface area contributed by atoms with Crippen molar-refractivity contribution in [2.24, 2.45) is 0 Å². The fourth-order valence-electron chi connectivity index (χ4n) is 4.35. The number of methoxy groups -OCH3 is 2. The monoisotopic (exact) mass is 448 g/mol. The number of rotatable bonds is 5. The van der Waals surface area contributed by atoms with Crippen LogP contribution in [-0.4, -0.2) is 31.0 Å². The van der Waals surface area contributed by atoms with E-state index < -0.39 is 0 Å². The summed E-state index contributed by atoms with van der Waals surface area (Å²) in [6.45, 7) is 4.17. The van der Waals surface area contributed by atoms with Gasteiger partial charge < -0.3 is 23.9 Å². The highest BCUT2D eigenvalue weighted by molar-refractivity contribution is 5.91. The average molecular weight is 449 g/mol. The van der Waals surface area contributed by atoms with E-state index in [1.54, 1.807) is 14.2 Å². The molecule has 172 valence electrons. The van der Waals surface area contributed by atoms with Gasteiger partial charge in [0.2, 0.25) is 6.79 Å². The molecule has 0 aliphatic carbocycles. The zero-order valence-electron chi connectivity index (χ0n) is 18.5. The van der Waals surface area contributed by atoms with Gasteiger partial charge in [-0.25, -0.2) is 0 Å². The third-order valence-electron chi connectivity index (χ3n) is 6.01. The molecule has 3 heterocycles. The van der Waals surface area contributed by atoms with Crippen molar-refractivity contribution in [1.29, 1.82) is 0 Å². The van der Waals surface area contributed by atoms with Gasteiger partial charge in [-0.05, 0) is 48.6 Å². The molecule has 1 aliphatic rings. The summed E-state index contributed by atoms with van der Waals surface area (Å²) in [6.07, 6.45) is 1.20. The molecule has 1 aliphatic heterocycles. The quantitative estimate of drug-likeness (QED) is 0.467. The Morgan fingerprint density at radius 3 is 2.33 bits per heavy atom. The van der Waals surface area contributed by atoms with Crippen molar-refractivity contribution < 1.29 is 18.9 Å². The topological polar surface area (TPSA) is 82.7 Å². The minimum Gasteiger partial charge on any atom is -0.493 e. The first-order valence-electron chi connectivity index (χ1n) is 10.5. The van der Waals surface area contributed by atoms with Gasteiger partial charge in [-0.1, -0.05) is 14.4 Å². The summed E-state index contributed by atoms with van der Waals surface area (Å²) in [7, 11) is 3.20. The minimum atomic E-state index is -0.116. The number of aryl methyl sites for hydroxylation is 2. The second kappa shape index (κ2) is 8.65. The van der Waals surface area contributed by atoms with E-state index in [4.69, 9.17) is 23.9 Å². The first-order chi connectivity index (χ1) is 15.5. The van der Waals surface area contributed by atoms with E-state index >= 15 is 0 Å². The maximum absolute atomic E-state index is 13.0. The standard InChI is InChI=1S/C25H24N2O5.CH4/c1-5-19-14(6-15-8-23-24(32-12-31-23)11-20(15)27-19)7-18-17-10-22(30-4)21(29-3)9-16(17)13(2)26-25(18)28;/h6,8-11H,5,7,12H2,1-4H3,(H,26,28);1H4. The molecule has 1 N–H and O–H groups in total. The van der Waals surface area contributed by atoms with E-state index in [2.05, 4.69) is 18.0 Å². The molecule has 2 aromatic carbocycles. The van der Waals surface area contributed by atoms with E-state index in [-0.39, 0.29) is 19.8 Å². The molecular formula is C26H28N2O5. The predicted molar refractivity (Wildman–Crippen MR) is 129 cm³/mol. The molecule has 2 aromatic heterocycles. The Morgan fingerprint density at radius 1 is 1.00 bits per heavy atom. The van der Waals surface area contributed by atoms with Crippen LogP contribution in [0, 0.1) is 6.92 Å². The maximum Gasteiger partial charge on any atom is 0.252 e. The van der Waals surface area contributed by atoms with Crippen LogP contribution in [0.15, 0.2) is 35.1 Å². The van der Waals surface area contributed by atoms with Crippen molar-refractivity contribution >= 4 is 21.7 Å². The number of hydrogen-bond donors (Lipinski definition) is 1. The van der Waals surface area contributed by atoms with E-state index in [1.807, 2.05) is 31.2 Å². The van der Waals surface area contributed by atoms with Crippen LogP contribution in [0.3, 0.4) is 0 Å². The molecule has 0 amide bonds. The summed E-state index contributed by atoms with van der Waals surface area (Å²) in [5.74, 6) is 2.64. The van der Waals surface area contributed by atoms with Crippen LogP contribution in [0.2, 0.25) is 0 Å². The predicted octanol–water partition coefficient (Wildman–Crippen LogP) is 4.92. The number of nitrogens with zero attached hydrogens (tertiary/aromatic N) is 1. The summed E-state index contributed by atoms with van der Waals surface area (Å²) < 4.78 is 22.0. The van der Waals surface area contributed by atoms with Crippen molar-refractivity contribution in [2.75, 3.05) is 21.0 Å². The second-order valence-corrected chi connectivity index (χ2v) is 7.83. The third-order valence-corrected chi connectivity index (χ3v) is 6.01. The minimum absolute atomic E-state index is 0. The normalized spacial score (nSPS) is 12.1. The molecule has 0 spiro atoms. The van der Waals surface area contributed by atoms with E-state index in [9.17, 15) is 4.79 Å². The van der Waals surface area contributed by atoms with Crippen LogP contribution >= 0.6 is 0 Å². The lowest BCUT2D eigenvalue weighted by Gasteiger charge is -2.15. The third kappa shape index (κ3) is 3.73. The van der Waals surface area contributed by atoms with Crippen LogP contribution in [0.5, 0.6) is 23.0 Å². The highest BCUT2D eigenvalue weighted by atomic mass is 16.7. The van der Waals surface area contributed by atoms with Crippen LogP contribution in [0.25, 0.3) is 21.7 Å². The number of nitrogens with one attached hydrogen (secondary N) is 1. The zero-order chi connectivity index (χ0) is 22.4. The average Bonchev–Trinajstić information content (AvgIpc) is 3.26. The van der Waals surface area contributed by atoms with Crippen molar-refractivity contribution in [3.63, 3.8) is 0 Å². The SMILES string of the molecule is C.CCc1nc2cc3c(cc2cc1Cc1c(=O)[nH]c(C)c2cc(OC)c(OC)cc12)OCO3. The molecule has 33 heavy (non-hydrogen) atoms. The zero-order valence-corrected chi connectivity index (χ0v) is 18.5. The Balaban J connectivity index is 0.00000259. The summed E-state index contributed by atoms with van der Waals surface area (Å²) in [6, 6.07) is 9.73. The molecule has 7 nitrogen and oxygen atoms in total. The Bertz CT molecular complexity index is 1420. The molecule has 0 atom stereocenters. The first-order valence-corrected chi connectivity index (χ1v) is 10.5. The van der Waals surface area contributed by atoms with Gasteiger partial charge in [-0.2, -0.15) is 0 Å². The van der Waals surface area contributed by atoms with Crippen molar-refractivity contribution in [2.45, 2.75) is 34.1 Å². The lowest BCUT2D eigenvalue weighted by molar-refractivity contribution is 0.174. The van der Waals surface area contributed by atoms with Crippen LogP contribution < -0.4 is 24.5 Å². The van der Waals surface area contributed by atoms with Crippen molar-refractivity contribution in [3.05, 3.63) is 63.2 Å². The fourth-order valence-corrected chi connectivity index (χ4v) is 4.35. The van der Waals surface area contributed by atoms with Gasteiger partial charge in [-0.3, -0.25) is 9.78 Å². The van der Waals surface area contributed by atoms with Gasteiger partial charge in [0.15, 0.2) is 23.0 Å². The van der Waals surface area contributed by atoms with E-state index in [0.29, 0.717) is 35.0 Å². The largest absolute Gasteiger partial charge is 0.493 e. The molecule has 4 aromatic rings. The lowest BCUT2D eigenvalue weighted by Crippen LogP contribution is -2.16.